The maximum atomic E-state index is 13.1. The minimum atomic E-state index is -0.998. The van der Waals surface area contributed by atoms with E-state index in [9.17, 15) is 13.9 Å². The first-order valence-corrected chi connectivity index (χ1v) is 7.22. The molecule has 24 heavy (non-hydrogen) atoms. The largest absolute Gasteiger partial charge is 0.491 e. The second kappa shape index (κ2) is 6.75. The molecule has 0 aliphatic heterocycles. The zero-order valence-electron chi connectivity index (χ0n) is 12.8. The molecule has 2 aromatic heterocycles. The van der Waals surface area contributed by atoms with E-state index in [-0.39, 0.29) is 18.9 Å². The lowest BCUT2D eigenvalue weighted by atomic mass is 10.3. The van der Waals surface area contributed by atoms with Crippen molar-refractivity contribution in [2.75, 3.05) is 18.5 Å². The molecule has 2 N–H and O–H groups in total. The summed E-state index contributed by atoms with van der Waals surface area (Å²) in [6, 6.07) is 6.66. The fourth-order valence-electron chi connectivity index (χ4n) is 2.03. The molecule has 1 atom stereocenters. The van der Waals surface area contributed by atoms with Crippen LogP contribution < -0.4 is 10.1 Å². The Morgan fingerprint density at radius 1 is 1.21 bits per heavy atom. The molecule has 0 radical (unpaired) electrons. The van der Waals surface area contributed by atoms with Crippen molar-refractivity contribution in [1.29, 1.82) is 0 Å². The number of anilines is 1. The van der Waals surface area contributed by atoms with E-state index in [0.29, 0.717) is 17.3 Å². The summed E-state index contributed by atoms with van der Waals surface area (Å²) in [6.45, 7) is 1.87. The maximum Gasteiger partial charge on any atom is 0.178 e. The van der Waals surface area contributed by atoms with E-state index >= 15 is 0 Å². The van der Waals surface area contributed by atoms with Crippen LogP contribution in [0.1, 0.15) is 5.82 Å². The van der Waals surface area contributed by atoms with Crippen molar-refractivity contribution in [3.63, 3.8) is 0 Å². The zero-order chi connectivity index (χ0) is 17.1. The Labute approximate surface area is 135 Å². The average Bonchev–Trinajstić information content (AvgIpc) is 2.95. The minimum Gasteiger partial charge on any atom is -0.491 e. The summed E-state index contributed by atoms with van der Waals surface area (Å²) >= 11 is 0. The third-order valence-electron chi connectivity index (χ3n) is 3.27. The number of aliphatic hydroxyl groups is 1. The number of nitrogens with one attached hydrogen (secondary N) is 1. The Balaban J connectivity index is 1.53. The van der Waals surface area contributed by atoms with Gasteiger partial charge in [-0.05, 0) is 31.2 Å². The van der Waals surface area contributed by atoms with Gasteiger partial charge >= 0.3 is 0 Å². The Morgan fingerprint density at radius 2 is 2.04 bits per heavy atom. The summed E-state index contributed by atoms with van der Waals surface area (Å²) in [4.78, 5) is 0. The number of nitrogens with zero attached hydrogens (tertiary/aromatic N) is 4. The molecule has 1 unspecified atom stereocenters. The zero-order valence-corrected chi connectivity index (χ0v) is 12.8. The third-order valence-corrected chi connectivity index (χ3v) is 3.27. The monoisotopic (exact) mass is 335 g/mol. The fourth-order valence-corrected chi connectivity index (χ4v) is 2.03. The van der Waals surface area contributed by atoms with Crippen molar-refractivity contribution in [2.45, 2.75) is 13.0 Å². The lowest BCUT2D eigenvalue weighted by Crippen LogP contribution is -2.26. The number of aryl methyl sites for hydroxylation is 1. The standard InChI is InChI=1S/C15H15F2N5O2/c1-9-19-20-15-5-4-14(21-22(9)15)18-7-10(23)8-24-11-2-3-12(16)13(17)6-11/h2-6,10,23H,7-8H2,1H3,(H,18,21). The molecule has 2 heterocycles. The summed E-state index contributed by atoms with van der Waals surface area (Å²) in [5.74, 6) is -0.613. The van der Waals surface area contributed by atoms with Crippen molar-refractivity contribution in [3.8, 4) is 5.75 Å². The highest BCUT2D eigenvalue weighted by molar-refractivity contribution is 5.43. The van der Waals surface area contributed by atoms with Gasteiger partial charge in [0.2, 0.25) is 0 Å². The Bertz CT molecular complexity index is 855. The van der Waals surface area contributed by atoms with Crippen molar-refractivity contribution in [1.82, 2.24) is 19.8 Å². The summed E-state index contributed by atoms with van der Waals surface area (Å²) in [6.07, 6.45) is -0.863. The molecule has 0 aliphatic carbocycles. The first-order chi connectivity index (χ1) is 11.5. The number of aromatic nitrogens is 4. The number of benzene rings is 1. The molecule has 0 saturated heterocycles. The molecule has 0 saturated carbocycles. The lowest BCUT2D eigenvalue weighted by Gasteiger charge is -2.13. The number of aliphatic hydroxyl groups excluding tert-OH is 1. The molecule has 0 aliphatic rings. The number of halogens is 2. The van der Waals surface area contributed by atoms with Crippen molar-refractivity contribution in [2.24, 2.45) is 0 Å². The topological polar surface area (TPSA) is 84.6 Å². The van der Waals surface area contributed by atoms with Gasteiger partial charge in [0.05, 0.1) is 0 Å². The van der Waals surface area contributed by atoms with Crippen LogP contribution in [0.2, 0.25) is 0 Å². The number of rotatable bonds is 6. The first kappa shape index (κ1) is 16.1. The molecular formula is C15H15F2N5O2. The Kier molecular flexibility index (Phi) is 4.52. The van der Waals surface area contributed by atoms with Crippen LogP contribution in [0, 0.1) is 18.6 Å². The minimum absolute atomic E-state index is 0.0774. The molecule has 126 valence electrons. The average molecular weight is 335 g/mol. The van der Waals surface area contributed by atoms with Crippen LogP contribution in [-0.2, 0) is 0 Å². The molecule has 3 rings (SSSR count). The van der Waals surface area contributed by atoms with Crippen LogP contribution in [0.5, 0.6) is 5.75 Å². The van der Waals surface area contributed by atoms with Crippen LogP contribution in [0.25, 0.3) is 5.65 Å². The van der Waals surface area contributed by atoms with E-state index in [0.717, 1.165) is 12.1 Å². The summed E-state index contributed by atoms with van der Waals surface area (Å²) in [7, 11) is 0. The molecule has 3 aromatic rings. The molecule has 7 nitrogen and oxygen atoms in total. The smallest absolute Gasteiger partial charge is 0.178 e. The van der Waals surface area contributed by atoms with Gasteiger partial charge in [0.1, 0.15) is 24.3 Å². The normalized spacial score (nSPS) is 12.3. The molecule has 0 amide bonds. The van der Waals surface area contributed by atoms with E-state index in [1.165, 1.54) is 6.07 Å². The third kappa shape index (κ3) is 3.57. The van der Waals surface area contributed by atoms with Gasteiger partial charge in [-0.15, -0.1) is 15.3 Å². The second-order valence-corrected chi connectivity index (χ2v) is 5.16. The Morgan fingerprint density at radius 3 is 2.83 bits per heavy atom. The molecule has 0 fully saturated rings. The number of fused-ring (bicyclic) bond motifs is 1. The van der Waals surface area contributed by atoms with Crippen molar-refractivity contribution >= 4 is 11.5 Å². The number of hydrogen-bond donors (Lipinski definition) is 2. The van der Waals surface area contributed by atoms with Crippen LogP contribution in [0.15, 0.2) is 30.3 Å². The van der Waals surface area contributed by atoms with E-state index in [1.807, 2.05) is 0 Å². The number of hydrogen-bond acceptors (Lipinski definition) is 6. The highest BCUT2D eigenvalue weighted by Gasteiger charge is 2.09. The van der Waals surface area contributed by atoms with E-state index < -0.39 is 17.7 Å². The quantitative estimate of drug-likeness (QED) is 0.711. The van der Waals surface area contributed by atoms with Gasteiger partial charge in [-0.25, -0.2) is 8.78 Å². The predicted octanol–water partition coefficient (Wildman–Crippen LogP) is 1.56. The van der Waals surface area contributed by atoms with E-state index in [1.54, 1.807) is 23.6 Å². The van der Waals surface area contributed by atoms with Crippen molar-refractivity contribution < 1.29 is 18.6 Å². The summed E-state index contributed by atoms with van der Waals surface area (Å²) in [5, 5.41) is 25.0. The van der Waals surface area contributed by atoms with Gasteiger partial charge in [-0.2, -0.15) is 4.52 Å². The highest BCUT2D eigenvalue weighted by Crippen LogP contribution is 2.15. The van der Waals surface area contributed by atoms with Gasteiger partial charge < -0.3 is 15.2 Å². The Hall–Kier alpha value is -2.81. The van der Waals surface area contributed by atoms with Gasteiger partial charge in [0, 0.05) is 12.6 Å². The second-order valence-electron chi connectivity index (χ2n) is 5.16. The number of ether oxygens (including phenoxy) is 1. The molecule has 9 heteroatoms. The molecule has 1 aromatic carbocycles. The van der Waals surface area contributed by atoms with Gasteiger partial charge in [-0.1, -0.05) is 0 Å². The molecular weight excluding hydrogens is 320 g/mol. The van der Waals surface area contributed by atoms with Gasteiger partial charge in [-0.3, -0.25) is 0 Å². The highest BCUT2D eigenvalue weighted by atomic mass is 19.2. The van der Waals surface area contributed by atoms with Crippen LogP contribution in [0.4, 0.5) is 14.6 Å². The lowest BCUT2D eigenvalue weighted by molar-refractivity contribution is 0.117. The SMILES string of the molecule is Cc1nnc2ccc(NCC(O)COc3ccc(F)c(F)c3)nn12. The van der Waals surface area contributed by atoms with Crippen LogP contribution in [0.3, 0.4) is 0 Å². The maximum absolute atomic E-state index is 13.1. The molecule has 0 spiro atoms. The van der Waals surface area contributed by atoms with Crippen LogP contribution >= 0.6 is 0 Å². The summed E-state index contributed by atoms with van der Waals surface area (Å²) in [5.41, 5.74) is 0.625. The van der Waals surface area contributed by atoms with E-state index in [2.05, 4.69) is 20.6 Å². The summed E-state index contributed by atoms with van der Waals surface area (Å²) < 4.78 is 32.7. The van der Waals surface area contributed by atoms with Gasteiger partial charge in [0.25, 0.3) is 0 Å². The predicted molar refractivity (Wildman–Crippen MR) is 81.9 cm³/mol. The fraction of sp³-hybridized carbons (Fsp3) is 0.267. The van der Waals surface area contributed by atoms with Gasteiger partial charge in [0.15, 0.2) is 23.1 Å². The van der Waals surface area contributed by atoms with E-state index in [4.69, 9.17) is 4.74 Å². The van der Waals surface area contributed by atoms with Crippen LogP contribution in [-0.4, -0.2) is 44.2 Å². The first-order valence-electron chi connectivity index (χ1n) is 7.22. The van der Waals surface area contributed by atoms with Crippen molar-refractivity contribution in [3.05, 3.63) is 47.8 Å². The molecule has 0 bridgehead atoms.